The van der Waals surface area contributed by atoms with Gasteiger partial charge in [0.1, 0.15) is 0 Å². The van der Waals surface area contributed by atoms with E-state index in [1.165, 1.54) is 22.5 Å². The Morgan fingerprint density at radius 2 is 1.83 bits per heavy atom. The number of carbonyl (C=O) groups is 2. The van der Waals surface area contributed by atoms with Crippen LogP contribution in [-0.4, -0.2) is 22.8 Å². The first-order valence-electron chi connectivity index (χ1n) is 10.6. The largest absolute Gasteiger partial charge is 0.329 e. The van der Waals surface area contributed by atoms with Crippen molar-refractivity contribution in [3.63, 3.8) is 0 Å². The Bertz CT molecular complexity index is 1070. The van der Waals surface area contributed by atoms with E-state index >= 15 is 0 Å². The number of nitrogens with one attached hydrogen (secondary N) is 1. The van der Waals surface area contributed by atoms with Crippen molar-refractivity contribution >= 4 is 28.8 Å². The second kappa shape index (κ2) is 8.07. The molecular formula is C25H24N2O2S. The summed E-state index contributed by atoms with van der Waals surface area (Å²) in [5.41, 5.74) is 3.95. The summed E-state index contributed by atoms with van der Waals surface area (Å²) in [6.07, 6.45) is 5.34. The van der Waals surface area contributed by atoms with Gasteiger partial charge in [0, 0.05) is 17.3 Å². The molecule has 0 radical (unpaired) electrons. The molecule has 1 atom stereocenters. The lowest BCUT2D eigenvalue weighted by Gasteiger charge is -2.36. The zero-order valence-electron chi connectivity index (χ0n) is 16.7. The Balaban J connectivity index is 1.41. The molecule has 5 heteroatoms. The summed E-state index contributed by atoms with van der Waals surface area (Å²) < 4.78 is 0. The van der Waals surface area contributed by atoms with Gasteiger partial charge in [-0.2, -0.15) is 0 Å². The molecule has 3 aromatic rings. The monoisotopic (exact) mass is 416 g/mol. The van der Waals surface area contributed by atoms with Crippen LogP contribution in [0.4, 0.5) is 5.69 Å². The van der Waals surface area contributed by atoms with E-state index in [0.717, 1.165) is 32.1 Å². The lowest BCUT2D eigenvalue weighted by atomic mass is 9.86. The van der Waals surface area contributed by atoms with Crippen molar-refractivity contribution in [3.05, 3.63) is 87.6 Å². The van der Waals surface area contributed by atoms with E-state index in [0.29, 0.717) is 22.2 Å². The van der Waals surface area contributed by atoms with Gasteiger partial charge in [-0.25, -0.2) is 0 Å². The van der Waals surface area contributed by atoms with E-state index in [4.69, 9.17) is 0 Å². The summed E-state index contributed by atoms with van der Waals surface area (Å²) in [6.45, 7) is 0. The Kier molecular flexibility index (Phi) is 5.13. The second-order valence-corrected chi connectivity index (χ2v) is 9.01. The van der Waals surface area contributed by atoms with Gasteiger partial charge >= 0.3 is 0 Å². The highest BCUT2D eigenvalue weighted by Crippen LogP contribution is 2.41. The van der Waals surface area contributed by atoms with Crippen LogP contribution < -0.4 is 5.32 Å². The maximum atomic E-state index is 13.6. The lowest BCUT2D eigenvalue weighted by molar-refractivity contribution is 0.0637. The molecule has 5 rings (SSSR count). The molecular weight excluding hydrogens is 392 g/mol. The van der Waals surface area contributed by atoms with Crippen LogP contribution in [0.1, 0.15) is 62.9 Å². The SMILES string of the molecule is O=C(Nc1cccc(C(=O)N(C2CC2)C2CCCc3ccccc32)c1)c1cccs1. The van der Waals surface area contributed by atoms with Crippen LogP contribution in [0.15, 0.2) is 66.0 Å². The number of hydrogen-bond acceptors (Lipinski definition) is 3. The third-order valence-electron chi connectivity index (χ3n) is 5.96. The Hall–Kier alpha value is -2.92. The zero-order chi connectivity index (χ0) is 20.5. The number of thiophene rings is 1. The van der Waals surface area contributed by atoms with Crippen molar-refractivity contribution in [3.8, 4) is 0 Å². The third-order valence-corrected chi connectivity index (χ3v) is 6.83. The van der Waals surface area contributed by atoms with Crippen LogP contribution >= 0.6 is 11.3 Å². The highest BCUT2D eigenvalue weighted by Gasteiger charge is 2.39. The minimum Gasteiger partial charge on any atom is -0.329 e. The normalized spacial score (nSPS) is 17.8. The van der Waals surface area contributed by atoms with Crippen LogP contribution in [0, 0.1) is 0 Å². The van der Waals surface area contributed by atoms with Gasteiger partial charge in [0.2, 0.25) is 0 Å². The molecule has 1 aromatic heterocycles. The molecule has 152 valence electrons. The van der Waals surface area contributed by atoms with Crippen molar-refractivity contribution < 1.29 is 9.59 Å². The van der Waals surface area contributed by atoms with Crippen molar-refractivity contribution in [2.75, 3.05) is 5.32 Å². The van der Waals surface area contributed by atoms with Crippen molar-refractivity contribution in [2.45, 2.75) is 44.2 Å². The first-order valence-corrected chi connectivity index (χ1v) is 11.4. The maximum Gasteiger partial charge on any atom is 0.265 e. The second-order valence-electron chi connectivity index (χ2n) is 8.06. The van der Waals surface area contributed by atoms with Gasteiger partial charge in [0.15, 0.2) is 0 Å². The number of aryl methyl sites for hydroxylation is 1. The smallest absolute Gasteiger partial charge is 0.265 e. The van der Waals surface area contributed by atoms with Crippen LogP contribution in [0.5, 0.6) is 0 Å². The Labute approximate surface area is 180 Å². The Morgan fingerprint density at radius 1 is 0.967 bits per heavy atom. The lowest BCUT2D eigenvalue weighted by Crippen LogP contribution is -2.38. The van der Waals surface area contributed by atoms with Gasteiger partial charge in [0.05, 0.1) is 10.9 Å². The van der Waals surface area contributed by atoms with E-state index in [9.17, 15) is 9.59 Å². The van der Waals surface area contributed by atoms with Crippen molar-refractivity contribution in [1.29, 1.82) is 0 Å². The molecule has 2 aliphatic carbocycles. The molecule has 1 fully saturated rings. The van der Waals surface area contributed by atoms with Gasteiger partial charge in [-0.05, 0) is 72.9 Å². The highest BCUT2D eigenvalue weighted by atomic mass is 32.1. The van der Waals surface area contributed by atoms with Gasteiger partial charge in [-0.3, -0.25) is 9.59 Å². The molecule has 2 aliphatic rings. The van der Waals surface area contributed by atoms with Crippen LogP contribution in [-0.2, 0) is 6.42 Å². The average molecular weight is 417 g/mol. The predicted molar refractivity (Wildman–Crippen MR) is 120 cm³/mol. The van der Waals surface area contributed by atoms with E-state index < -0.39 is 0 Å². The molecule has 2 aromatic carbocycles. The molecule has 1 saturated carbocycles. The summed E-state index contributed by atoms with van der Waals surface area (Å²) in [6, 6.07) is 20.0. The van der Waals surface area contributed by atoms with Crippen LogP contribution in [0.2, 0.25) is 0 Å². The number of amides is 2. The quantitative estimate of drug-likeness (QED) is 0.581. The topological polar surface area (TPSA) is 49.4 Å². The van der Waals surface area contributed by atoms with Crippen LogP contribution in [0.3, 0.4) is 0 Å². The van der Waals surface area contributed by atoms with E-state index in [2.05, 4.69) is 34.5 Å². The maximum absolute atomic E-state index is 13.6. The van der Waals surface area contributed by atoms with Crippen molar-refractivity contribution in [1.82, 2.24) is 4.90 Å². The molecule has 4 nitrogen and oxygen atoms in total. The summed E-state index contributed by atoms with van der Waals surface area (Å²) in [5, 5.41) is 4.80. The molecule has 1 unspecified atom stereocenters. The number of carbonyl (C=O) groups excluding carboxylic acids is 2. The molecule has 0 spiro atoms. The minimum atomic E-state index is -0.144. The molecule has 30 heavy (non-hydrogen) atoms. The van der Waals surface area contributed by atoms with Crippen LogP contribution in [0.25, 0.3) is 0 Å². The first-order chi connectivity index (χ1) is 14.7. The van der Waals surface area contributed by atoms with Gasteiger partial charge < -0.3 is 10.2 Å². The van der Waals surface area contributed by atoms with Gasteiger partial charge in [-0.15, -0.1) is 11.3 Å². The Morgan fingerprint density at radius 3 is 2.63 bits per heavy atom. The highest BCUT2D eigenvalue weighted by molar-refractivity contribution is 7.12. The minimum absolute atomic E-state index is 0.0615. The fourth-order valence-corrected chi connectivity index (χ4v) is 5.03. The summed E-state index contributed by atoms with van der Waals surface area (Å²) in [7, 11) is 0. The van der Waals surface area contributed by atoms with Gasteiger partial charge in [-0.1, -0.05) is 36.4 Å². The van der Waals surface area contributed by atoms with E-state index in [1.54, 1.807) is 12.1 Å². The summed E-state index contributed by atoms with van der Waals surface area (Å²) in [4.78, 5) is 28.8. The molecule has 2 amide bonds. The molecule has 0 bridgehead atoms. The third kappa shape index (κ3) is 3.77. The summed E-state index contributed by atoms with van der Waals surface area (Å²) in [5.74, 6) is -0.0821. The molecule has 1 N–H and O–H groups in total. The van der Waals surface area contributed by atoms with E-state index in [1.807, 2.05) is 29.6 Å². The zero-order valence-corrected chi connectivity index (χ0v) is 17.5. The number of hydrogen-bond donors (Lipinski definition) is 1. The fraction of sp³-hybridized carbons (Fsp3) is 0.280. The number of rotatable bonds is 5. The standard InChI is InChI=1S/C25H24N2O2S/c28-24(23-12-5-15-30-23)26-19-9-3-8-18(16-19)25(29)27(20-13-14-20)22-11-4-7-17-6-1-2-10-21(17)22/h1-3,5-6,8-10,12,15-16,20,22H,4,7,11,13-14H2,(H,26,28). The molecule has 0 saturated heterocycles. The first kappa shape index (κ1) is 19.1. The predicted octanol–water partition coefficient (Wildman–Crippen LogP) is 5.68. The van der Waals surface area contributed by atoms with E-state index in [-0.39, 0.29) is 17.9 Å². The summed E-state index contributed by atoms with van der Waals surface area (Å²) >= 11 is 1.40. The average Bonchev–Trinajstić information content (AvgIpc) is 3.45. The fourth-order valence-electron chi connectivity index (χ4n) is 4.41. The molecule has 0 aliphatic heterocycles. The number of fused-ring (bicyclic) bond motifs is 1. The number of benzene rings is 2. The number of anilines is 1. The number of nitrogens with zero attached hydrogens (tertiary/aromatic N) is 1. The molecule has 1 heterocycles. The van der Waals surface area contributed by atoms with Gasteiger partial charge in [0.25, 0.3) is 11.8 Å². The van der Waals surface area contributed by atoms with Crippen molar-refractivity contribution in [2.24, 2.45) is 0 Å².